The van der Waals surface area contributed by atoms with Crippen molar-refractivity contribution in [2.24, 2.45) is 0 Å². The maximum Gasteiger partial charge on any atom is 0.410 e. The molecule has 1 heterocycles. The number of rotatable bonds is 5. The third kappa shape index (κ3) is 3.52. The first-order chi connectivity index (χ1) is 9.10. The Morgan fingerprint density at radius 1 is 1.63 bits per heavy atom. The number of aliphatic hydroxyl groups excluding tert-OH is 1. The van der Waals surface area contributed by atoms with E-state index in [9.17, 15) is 4.79 Å². The Morgan fingerprint density at radius 2 is 2.42 bits per heavy atom. The van der Waals surface area contributed by atoms with Crippen LogP contribution >= 0.6 is 11.6 Å². The highest BCUT2D eigenvalue weighted by Gasteiger charge is 2.34. The highest BCUT2D eigenvalue weighted by Crippen LogP contribution is 2.19. The summed E-state index contributed by atoms with van der Waals surface area (Å²) in [4.78, 5) is 13.1. The molecule has 0 spiro atoms. The van der Waals surface area contributed by atoms with Crippen molar-refractivity contribution in [3.05, 3.63) is 29.3 Å². The summed E-state index contributed by atoms with van der Waals surface area (Å²) in [5, 5.41) is 9.64. The van der Waals surface area contributed by atoms with Crippen LogP contribution in [0, 0.1) is 0 Å². The molecule has 1 N–H and O–H groups in total. The molecule has 0 bridgehead atoms. The molecule has 104 valence electrons. The van der Waals surface area contributed by atoms with Crippen LogP contribution in [-0.4, -0.2) is 48.0 Å². The fourth-order valence-electron chi connectivity index (χ4n) is 1.83. The third-order valence-electron chi connectivity index (χ3n) is 2.93. The number of ether oxygens (including phenoxy) is 2. The Morgan fingerprint density at radius 3 is 3.11 bits per heavy atom. The quantitative estimate of drug-likeness (QED) is 0.898. The summed E-state index contributed by atoms with van der Waals surface area (Å²) >= 11 is 5.85. The lowest BCUT2D eigenvalue weighted by Crippen LogP contribution is -2.37. The zero-order chi connectivity index (χ0) is 13.8. The molecular weight excluding hydrogens is 270 g/mol. The van der Waals surface area contributed by atoms with Gasteiger partial charge in [0.2, 0.25) is 0 Å². The normalized spacial score (nSPS) is 20.3. The van der Waals surface area contributed by atoms with E-state index in [1.54, 1.807) is 31.2 Å². The van der Waals surface area contributed by atoms with E-state index in [1.165, 1.54) is 4.90 Å². The number of carbonyl (C=O) groups is 1. The maximum atomic E-state index is 11.6. The van der Waals surface area contributed by atoms with Gasteiger partial charge in [-0.15, -0.1) is 0 Å². The van der Waals surface area contributed by atoms with E-state index in [0.717, 1.165) is 0 Å². The Hall–Kier alpha value is -1.46. The van der Waals surface area contributed by atoms with E-state index < -0.39 is 6.09 Å². The SMILES string of the molecule is C[C@@H](CO)N1C[C@@H](COc2cccc(Cl)c2)OC1=O. The van der Waals surface area contributed by atoms with Gasteiger partial charge < -0.3 is 14.6 Å². The number of hydrogen-bond donors (Lipinski definition) is 1. The minimum atomic E-state index is -0.416. The van der Waals surface area contributed by atoms with Gasteiger partial charge in [0.25, 0.3) is 0 Å². The van der Waals surface area contributed by atoms with Crippen molar-refractivity contribution in [3.63, 3.8) is 0 Å². The molecule has 1 aliphatic heterocycles. The van der Waals surface area contributed by atoms with Gasteiger partial charge in [0.1, 0.15) is 12.4 Å². The molecule has 1 aliphatic rings. The van der Waals surface area contributed by atoms with Crippen LogP contribution in [0.25, 0.3) is 0 Å². The molecule has 5 nitrogen and oxygen atoms in total. The molecule has 1 saturated heterocycles. The first kappa shape index (κ1) is 14.0. The van der Waals surface area contributed by atoms with Gasteiger partial charge in [-0.05, 0) is 25.1 Å². The molecule has 1 amide bonds. The lowest BCUT2D eigenvalue weighted by Gasteiger charge is -2.19. The number of benzene rings is 1. The third-order valence-corrected chi connectivity index (χ3v) is 3.17. The van der Waals surface area contributed by atoms with Crippen LogP contribution in [0.2, 0.25) is 5.02 Å². The van der Waals surface area contributed by atoms with Crippen molar-refractivity contribution >= 4 is 17.7 Å². The molecule has 0 saturated carbocycles. The van der Waals surface area contributed by atoms with Gasteiger partial charge in [-0.2, -0.15) is 0 Å². The summed E-state index contributed by atoms with van der Waals surface area (Å²) in [5.41, 5.74) is 0. The summed E-state index contributed by atoms with van der Waals surface area (Å²) in [6, 6.07) is 6.79. The van der Waals surface area contributed by atoms with E-state index >= 15 is 0 Å². The predicted molar refractivity (Wildman–Crippen MR) is 70.5 cm³/mol. The molecule has 19 heavy (non-hydrogen) atoms. The fraction of sp³-hybridized carbons (Fsp3) is 0.462. The monoisotopic (exact) mass is 285 g/mol. The molecule has 2 atom stereocenters. The van der Waals surface area contributed by atoms with Crippen LogP contribution in [0.1, 0.15) is 6.92 Å². The summed E-state index contributed by atoms with van der Waals surface area (Å²) in [5.74, 6) is 0.636. The summed E-state index contributed by atoms with van der Waals surface area (Å²) < 4.78 is 10.7. The number of aliphatic hydroxyl groups is 1. The van der Waals surface area contributed by atoms with Crippen LogP contribution < -0.4 is 4.74 Å². The highest BCUT2D eigenvalue weighted by atomic mass is 35.5. The smallest absolute Gasteiger partial charge is 0.410 e. The molecule has 1 aromatic rings. The number of carbonyl (C=O) groups excluding carboxylic acids is 1. The first-order valence-corrected chi connectivity index (χ1v) is 6.44. The van der Waals surface area contributed by atoms with Crippen molar-refractivity contribution in [2.75, 3.05) is 19.8 Å². The Labute approximate surface area is 116 Å². The van der Waals surface area contributed by atoms with Crippen LogP contribution in [-0.2, 0) is 4.74 Å². The lowest BCUT2D eigenvalue weighted by molar-refractivity contribution is 0.0997. The van der Waals surface area contributed by atoms with E-state index in [1.807, 2.05) is 0 Å². The van der Waals surface area contributed by atoms with E-state index in [0.29, 0.717) is 17.3 Å². The van der Waals surface area contributed by atoms with Gasteiger partial charge in [0.05, 0.1) is 19.2 Å². The Balaban J connectivity index is 1.86. The molecular formula is C13H16ClNO4. The predicted octanol–water partition coefficient (Wildman–Crippen LogP) is 1.92. The molecule has 0 aliphatic carbocycles. The molecule has 0 unspecified atom stereocenters. The molecule has 1 aromatic carbocycles. The van der Waals surface area contributed by atoms with Crippen molar-refractivity contribution in [3.8, 4) is 5.75 Å². The zero-order valence-corrected chi connectivity index (χ0v) is 11.3. The second-order valence-electron chi connectivity index (χ2n) is 4.46. The summed E-state index contributed by atoms with van der Waals surface area (Å²) in [6.07, 6.45) is -0.748. The van der Waals surface area contributed by atoms with E-state index in [2.05, 4.69) is 0 Å². The van der Waals surface area contributed by atoms with Gasteiger partial charge in [-0.25, -0.2) is 4.79 Å². The zero-order valence-electron chi connectivity index (χ0n) is 10.6. The standard InChI is InChI=1S/C13H16ClNO4/c1-9(7-16)15-6-12(19-13(15)17)8-18-11-4-2-3-10(14)5-11/h2-5,9,12,16H,6-8H2,1H3/t9-,12-/m0/s1. The maximum absolute atomic E-state index is 11.6. The van der Waals surface area contributed by atoms with Crippen molar-refractivity contribution in [2.45, 2.75) is 19.1 Å². The van der Waals surface area contributed by atoms with Crippen molar-refractivity contribution in [1.29, 1.82) is 0 Å². The Bertz CT molecular complexity index is 454. The minimum Gasteiger partial charge on any atom is -0.490 e. The van der Waals surface area contributed by atoms with Gasteiger partial charge >= 0.3 is 6.09 Å². The van der Waals surface area contributed by atoms with Crippen molar-refractivity contribution < 1.29 is 19.4 Å². The summed E-state index contributed by atoms with van der Waals surface area (Å²) in [7, 11) is 0. The van der Waals surface area contributed by atoms with Crippen molar-refractivity contribution in [1.82, 2.24) is 4.90 Å². The van der Waals surface area contributed by atoms with Crippen LogP contribution in [0.15, 0.2) is 24.3 Å². The topological polar surface area (TPSA) is 59.0 Å². The van der Waals surface area contributed by atoms with Gasteiger partial charge in [0.15, 0.2) is 6.10 Å². The average Bonchev–Trinajstić information content (AvgIpc) is 2.77. The molecule has 1 fully saturated rings. The van der Waals surface area contributed by atoms with Crippen LogP contribution in [0.5, 0.6) is 5.75 Å². The van der Waals surface area contributed by atoms with Crippen LogP contribution in [0.3, 0.4) is 0 Å². The van der Waals surface area contributed by atoms with E-state index in [4.69, 9.17) is 26.2 Å². The fourth-order valence-corrected chi connectivity index (χ4v) is 2.01. The minimum absolute atomic E-state index is 0.0863. The van der Waals surface area contributed by atoms with E-state index in [-0.39, 0.29) is 25.4 Å². The van der Waals surface area contributed by atoms with Gasteiger partial charge in [0, 0.05) is 5.02 Å². The molecule has 0 radical (unpaired) electrons. The second-order valence-corrected chi connectivity index (χ2v) is 4.89. The second kappa shape index (κ2) is 6.12. The van der Waals surface area contributed by atoms with Crippen LogP contribution in [0.4, 0.5) is 4.79 Å². The van der Waals surface area contributed by atoms with Gasteiger partial charge in [-0.1, -0.05) is 17.7 Å². The summed E-state index contributed by atoms with van der Waals surface area (Å²) in [6.45, 7) is 2.36. The number of amides is 1. The molecule has 6 heteroatoms. The lowest BCUT2D eigenvalue weighted by atomic mass is 10.3. The number of hydrogen-bond acceptors (Lipinski definition) is 4. The number of nitrogens with zero attached hydrogens (tertiary/aromatic N) is 1. The first-order valence-electron chi connectivity index (χ1n) is 6.06. The molecule has 2 rings (SSSR count). The number of halogens is 1. The number of cyclic esters (lactones) is 1. The Kier molecular flexibility index (Phi) is 4.50. The highest BCUT2D eigenvalue weighted by molar-refractivity contribution is 6.30. The largest absolute Gasteiger partial charge is 0.490 e. The molecule has 0 aromatic heterocycles. The van der Waals surface area contributed by atoms with Gasteiger partial charge in [-0.3, -0.25) is 4.90 Å². The average molecular weight is 286 g/mol.